The van der Waals surface area contributed by atoms with E-state index in [-0.39, 0.29) is 6.04 Å². The van der Waals surface area contributed by atoms with Crippen LogP contribution in [-0.4, -0.2) is 63.8 Å². The van der Waals surface area contributed by atoms with Crippen molar-refractivity contribution in [1.29, 1.82) is 0 Å². The van der Waals surface area contributed by atoms with E-state index in [9.17, 15) is 0 Å². The lowest BCUT2D eigenvalue weighted by Gasteiger charge is -2.26. The SMILES string of the molecule is CC(C)n1c(-c2cccc(N)c2)nc2c(NCCN3CCOCC3)ncnc21. The maximum atomic E-state index is 5.99. The van der Waals surface area contributed by atoms with E-state index >= 15 is 0 Å². The molecule has 8 nitrogen and oxygen atoms in total. The molecule has 2 aromatic heterocycles. The molecular formula is C20H27N7O. The summed E-state index contributed by atoms with van der Waals surface area (Å²) in [6.07, 6.45) is 1.60. The van der Waals surface area contributed by atoms with Crippen LogP contribution < -0.4 is 11.1 Å². The molecule has 3 heterocycles. The summed E-state index contributed by atoms with van der Waals surface area (Å²) in [5.41, 5.74) is 9.30. The summed E-state index contributed by atoms with van der Waals surface area (Å²) in [6.45, 7) is 9.57. The molecule has 0 amide bonds. The number of aromatic nitrogens is 4. The van der Waals surface area contributed by atoms with Crippen LogP contribution >= 0.6 is 0 Å². The zero-order valence-corrected chi connectivity index (χ0v) is 16.4. The Morgan fingerprint density at radius 3 is 2.79 bits per heavy atom. The maximum absolute atomic E-state index is 5.99. The number of hydrogen-bond acceptors (Lipinski definition) is 7. The molecule has 1 saturated heterocycles. The van der Waals surface area contributed by atoms with Crippen LogP contribution in [0, 0.1) is 0 Å². The van der Waals surface area contributed by atoms with Gasteiger partial charge in [-0.2, -0.15) is 0 Å². The van der Waals surface area contributed by atoms with Crippen molar-refractivity contribution in [3.05, 3.63) is 30.6 Å². The number of anilines is 2. The standard InChI is InChI=1S/C20H27N7O/c1-14(2)27-19(15-4-3-5-16(21)12-15)25-17-18(23-13-24-20(17)27)22-6-7-26-8-10-28-11-9-26/h3-5,12-14H,6-11,21H2,1-2H3,(H,22,23,24). The Labute approximate surface area is 164 Å². The van der Waals surface area contributed by atoms with Crippen molar-refractivity contribution in [2.75, 3.05) is 50.4 Å². The highest BCUT2D eigenvalue weighted by molar-refractivity contribution is 5.86. The van der Waals surface area contributed by atoms with Crippen molar-refractivity contribution in [1.82, 2.24) is 24.4 Å². The van der Waals surface area contributed by atoms with E-state index in [1.165, 1.54) is 0 Å². The van der Waals surface area contributed by atoms with Gasteiger partial charge in [-0.3, -0.25) is 4.90 Å². The lowest BCUT2D eigenvalue weighted by molar-refractivity contribution is 0.0398. The third-order valence-corrected chi connectivity index (χ3v) is 4.96. The van der Waals surface area contributed by atoms with Crippen LogP contribution in [0.25, 0.3) is 22.6 Å². The van der Waals surface area contributed by atoms with Crippen LogP contribution in [0.5, 0.6) is 0 Å². The van der Waals surface area contributed by atoms with Crippen molar-refractivity contribution >= 4 is 22.7 Å². The first-order valence-corrected chi connectivity index (χ1v) is 9.76. The summed E-state index contributed by atoms with van der Waals surface area (Å²) in [5.74, 6) is 1.62. The lowest BCUT2D eigenvalue weighted by Crippen LogP contribution is -2.39. The minimum atomic E-state index is 0.206. The molecule has 0 saturated carbocycles. The summed E-state index contributed by atoms with van der Waals surface area (Å²) in [7, 11) is 0. The molecule has 28 heavy (non-hydrogen) atoms. The first kappa shape index (κ1) is 18.6. The van der Waals surface area contributed by atoms with Crippen molar-refractivity contribution in [2.45, 2.75) is 19.9 Å². The Kier molecular flexibility index (Phi) is 5.40. The summed E-state index contributed by atoms with van der Waals surface area (Å²) in [6, 6.07) is 8.00. The molecule has 0 radical (unpaired) electrons. The Morgan fingerprint density at radius 1 is 1.21 bits per heavy atom. The van der Waals surface area contributed by atoms with Crippen molar-refractivity contribution in [2.24, 2.45) is 0 Å². The molecule has 0 aliphatic carbocycles. The van der Waals surface area contributed by atoms with Crippen LogP contribution in [0.2, 0.25) is 0 Å². The second-order valence-corrected chi connectivity index (χ2v) is 7.30. The van der Waals surface area contributed by atoms with Gasteiger partial charge in [0, 0.05) is 43.5 Å². The third kappa shape index (κ3) is 3.79. The normalized spacial score (nSPS) is 15.4. The molecule has 8 heteroatoms. The van der Waals surface area contributed by atoms with Gasteiger partial charge in [-0.25, -0.2) is 15.0 Å². The average Bonchev–Trinajstić information content (AvgIpc) is 3.10. The minimum absolute atomic E-state index is 0.206. The molecule has 1 aromatic carbocycles. The average molecular weight is 381 g/mol. The maximum Gasteiger partial charge on any atom is 0.166 e. The van der Waals surface area contributed by atoms with Crippen LogP contribution in [-0.2, 0) is 4.74 Å². The van der Waals surface area contributed by atoms with E-state index in [1.54, 1.807) is 6.33 Å². The summed E-state index contributed by atoms with van der Waals surface area (Å²) >= 11 is 0. The predicted octanol–water partition coefficient (Wildman–Crippen LogP) is 2.40. The molecule has 0 unspecified atom stereocenters. The number of rotatable bonds is 6. The first-order chi connectivity index (χ1) is 13.6. The number of nitrogens with two attached hydrogens (primary N) is 1. The molecule has 1 aliphatic heterocycles. The molecular weight excluding hydrogens is 354 g/mol. The number of nitrogen functional groups attached to an aromatic ring is 1. The fourth-order valence-electron chi connectivity index (χ4n) is 3.57. The number of imidazole rings is 1. The number of benzene rings is 1. The van der Waals surface area contributed by atoms with Gasteiger partial charge in [-0.05, 0) is 26.0 Å². The Bertz CT molecular complexity index is 947. The zero-order valence-electron chi connectivity index (χ0n) is 16.4. The highest BCUT2D eigenvalue weighted by Gasteiger charge is 2.19. The van der Waals surface area contributed by atoms with Gasteiger partial charge in [0.25, 0.3) is 0 Å². The van der Waals surface area contributed by atoms with Gasteiger partial charge in [0.05, 0.1) is 13.2 Å². The topological polar surface area (TPSA) is 94.1 Å². The number of nitrogens with one attached hydrogen (secondary N) is 1. The van der Waals surface area contributed by atoms with Gasteiger partial charge >= 0.3 is 0 Å². The Hall–Kier alpha value is -2.71. The number of nitrogens with zero attached hydrogens (tertiary/aromatic N) is 5. The van der Waals surface area contributed by atoms with Crippen LogP contribution in [0.3, 0.4) is 0 Å². The first-order valence-electron chi connectivity index (χ1n) is 9.76. The van der Waals surface area contributed by atoms with Gasteiger partial charge < -0.3 is 20.4 Å². The van der Waals surface area contributed by atoms with Gasteiger partial charge in [-0.15, -0.1) is 0 Å². The fraction of sp³-hybridized carbons (Fsp3) is 0.450. The zero-order chi connectivity index (χ0) is 19.5. The van der Waals surface area contributed by atoms with E-state index in [0.717, 1.165) is 73.4 Å². The molecule has 148 valence electrons. The van der Waals surface area contributed by atoms with Crippen LogP contribution in [0.15, 0.2) is 30.6 Å². The predicted molar refractivity (Wildman–Crippen MR) is 111 cm³/mol. The van der Waals surface area contributed by atoms with E-state index in [0.29, 0.717) is 0 Å². The molecule has 0 spiro atoms. The Morgan fingerprint density at radius 2 is 2.04 bits per heavy atom. The van der Waals surface area contributed by atoms with E-state index < -0.39 is 0 Å². The van der Waals surface area contributed by atoms with Gasteiger partial charge in [0.15, 0.2) is 17.0 Å². The fourth-order valence-corrected chi connectivity index (χ4v) is 3.57. The molecule has 3 N–H and O–H groups in total. The second kappa shape index (κ2) is 8.12. The lowest BCUT2D eigenvalue weighted by atomic mass is 10.2. The van der Waals surface area contributed by atoms with Crippen molar-refractivity contribution in [3.8, 4) is 11.4 Å². The molecule has 1 fully saturated rings. The molecule has 0 atom stereocenters. The molecule has 4 rings (SSSR count). The number of ether oxygens (including phenoxy) is 1. The number of hydrogen-bond donors (Lipinski definition) is 2. The van der Waals surface area contributed by atoms with Crippen molar-refractivity contribution < 1.29 is 4.74 Å². The Balaban J connectivity index is 1.64. The highest BCUT2D eigenvalue weighted by Crippen LogP contribution is 2.30. The summed E-state index contributed by atoms with van der Waals surface area (Å²) < 4.78 is 7.54. The quantitative estimate of drug-likeness (QED) is 0.633. The smallest absolute Gasteiger partial charge is 0.166 e. The van der Waals surface area contributed by atoms with Gasteiger partial charge in [-0.1, -0.05) is 12.1 Å². The van der Waals surface area contributed by atoms with Crippen molar-refractivity contribution in [3.63, 3.8) is 0 Å². The second-order valence-electron chi connectivity index (χ2n) is 7.30. The molecule has 1 aliphatic rings. The van der Waals surface area contributed by atoms with Gasteiger partial charge in [0.1, 0.15) is 12.2 Å². The monoisotopic (exact) mass is 381 g/mol. The van der Waals surface area contributed by atoms with E-state index in [4.69, 9.17) is 15.5 Å². The molecule has 0 bridgehead atoms. The number of fused-ring (bicyclic) bond motifs is 1. The third-order valence-electron chi connectivity index (χ3n) is 4.96. The van der Waals surface area contributed by atoms with E-state index in [1.807, 2.05) is 24.3 Å². The summed E-state index contributed by atoms with van der Waals surface area (Å²) in [4.78, 5) is 16.3. The largest absolute Gasteiger partial charge is 0.399 e. The molecule has 3 aromatic rings. The van der Waals surface area contributed by atoms with Gasteiger partial charge in [0.2, 0.25) is 0 Å². The number of morpholine rings is 1. The van der Waals surface area contributed by atoms with Crippen LogP contribution in [0.4, 0.5) is 11.5 Å². The minimum Gasteiger partial charge on any atom is -0.399 e. The van der Waals surface area contributed by atoms with E-state index in [2.05, 4.69) is 38.6 Å². The van der Waals surface area contributed by atoms with Crippen LogP contribution in [0.1, 0.15) is 19.9 Å². The highest BCUT2D eigenvalue weighted by atomic mass is 16.5. The summed E-state index contributed by atoms with van der Waals surface area (Å²) in [5, 5.41) is 3.44.